The highest BCUT2D eigenvalue weighted by atomic mass is 16.5. The molecule has 2 aromatic rings. The van der Waals surface area contributed by atoms with Gasteiger partial charge >= 0.3 is 0 Å². The Morgan fingerprint density at radius 3 is 2.58 bits per heavy atom. The number of guanidine groups is 1. The zero-order valence-corrected chi connectivity index (χ0v) is 19.3. The molecule has 0 aliphatic carbocycles. The molecule has 8 nitrogen and oxygen atoms in total. The van der Waals surface area contributed by atoms with E-state index in [4.69, 9.17) is 9.47 Å². The van der Waals surface area contributed by atoms with Gasteiger partial charge in [0.2, 0.25) is 0 Å². The number of methoxy groups -OCH3 is 2. The summed E-state index contributed by atoms with van der Waals surface area (Å²) in [5, 5.41) is 3.49. The number of benzene rings is 1. The molecule has 0 saturated carbocycles. The number of anilines is 1. The van der Waals surface area contributed by atoms with Gasteiger partial charge in [0.25, 0.3) is 0 Å². The number of nitrogens with zero attached hydrogens (tertiary/aromatic N) is 5. The molecule has 8 heteroatoms. The number of ether oxygens (including phenoxy) is 2. The molecule has 2 heterocycles. The van der Waals surface area contributed by atoms with Gasteiger partial charge < -0.3 is 29.5 Å². The molecular weight excluding hydrogens is 392 g/mol. The van der Waals surface area contributed by atoms with E-state index < -0.39 is 0 Å². The molecule has 1 fully saturated rings. The number of likely N-dealkylation sites (N-methyl/N-ethyl adjacent to an activating group) is 1. The van der Waals surface area contributed by atoms with Crippen LogP contribution in [0.5, 0.6) is 11.5 Å². The Labute approximate surface area is 185 Å². The molecule has 1 N–H and O–H groups in total. The van der Waals surface area contributed by atoms with Gasteiger partial charge in [-0.2, -0.15) is 0 Å². The van der Waals surface area contributed by atoms with Crippen LogP contribution >= 0.6 is 0 Å². The van der Waals surface area contributed by atoms with E-state index in [2.05, 4.69) is 43.1 Å². The summed E-state index contributed by atoms with van der Waals surface area (Å²) in [6, 6.07) is 9.99. The number of aliphatic imine (C=N–C) groups is 1. The minimum atomic E-state index is 0.658. The van der Waals surface area contributed by atoms with Crippen LogP contribution in [0.25, 0.3) is 0 Å². The molecule has 0 bridgehead atoms. The van der Waals surface area contributed by atoms with E-state index in [1.54, 1.807) is 21.3 Å². The molecule has 168 valence electrons. The molecule has 1 aliphatic rings. The van der Waals surface area contributed by atoms with Crippen LogP contribution in [0, 0.1) is 0 Å². The lowest BCUT2D eigenvalue weighted by molar-refractivity contribution is 0.311. The molecule has 31 heavy (non-hydrogen) atoms. The summed E-state index contributed by atoms with van der Waals surface area (Å²) in [5.74, 6) is 3.44. The third-order valence-corrected chi connectivity index (χ3v) is 5.58. The third-order valence-electron chi connectivity index (χ3n) is 5.58. The lowest BCUT2D eigenvalue weighted by atomic mass is 10.2. The van der Waals surface area contributed by atoms with E-state index >= 15 is 0 Å². The fourth-order valence-electron chi connectivity index (χ4n) is 3.74. The maximum absolute atomic E-state index is 5.54. The zero-order valence-electron chi connectivity index (χ0n) is 19.3. The van der Waals surface area contributed by atoms with E-state index in [-0.39, 0.29) is 0 Å². The quantitative estimate of drug-likeness (QED) is 0.537. The molecule has 0 radical (unpaired) electrons. The number of rotatable bonds is 7. The average molecular weight is 427 g/mol. The second-order valence-corrected chi connectivity index (χ2v) is 7.71. The lowest BCUT2D eigenvalue weighted by Gasteiger charge is -2.34. The van der Waals surface area contributed by atoms with E-state index in [0.29, 0.717) is 13.1 Å². The van der Waals surface area contributed by atoms with Gasteiger partial charge in [0.05, 0.1) is 14.2 Å². The predicted octanol–water partition coefficient (Wildman–Crippen LogP) is 2.06. The maximum Gasteiger partial charge on any atom is 0.193 e. The fourth-order valence-corrected chi connectivity index (χ4v) is 3.74. The van der Waals surface area contributed by atoms with Crippen molar-refractivity contribution in [2.24, 2.45) is 4.99 Å². The lowest BCUT2D eigenvalue weighted by Crippen LogP contribution is -2.45. The monoisotopic (exact) mass is 426 g/mol. The second-order valence-electron chi connectivity index (χ2n) is 7.71. The van der Waals surface area contributed by atoms with Crippen molar-refractivity contribution in [1.82, 2.24) is 20.1 Å². The van der Waals surface area contributed by atoms with Crippen molar-refractivity contribution in [3.63, 3.8) is 0 Å². The summed E-state index contributed by atoms with van der Waals surface area (Å²) in [5.41, 5.74) is 2.23. The molecule has 0 spiro atoms. The van der Waals surface area contributed by atoms with E-state index in [9.17, 15) is 0 Å². The van der Waals surface area contributed by atoms with Crippen molar-refractivity contribution >= 4 is 11.8 Å². The highest BCUT2D eigenvalue weighted by Crippen LogP contribution is 2.25. The van der Waals surface area contributed by atoms with Crippen molar-refractivity contribution in [2.75, 3.05) is 66.4 Å². The molecule has 0 amide bonds. The number of pyridine rings is 1. The van der Waals surface area contributed by atoms with Crippen molar-refractivity contribution in [1.29, 1.82) is 0 Å². The van der Waals surface area contributed by atoms with Gasteiger partial charge in [-0.05, 0) is 25.2 Å². The molecule has 1 saturated heterocycles. The summed E-state index contributed by atoms with van der Waals surface area (Å²) in [6.07, 6.45) is 1.87. The Hall–Kier alpha value is -3.00. The number of nitrogens with one attached hydrogen (secondary N) is 1. The largest absolute Gasteiger partial charge is 0.497 e. The van der Waals surface area contributed by atoms with Crippen molar-refractivity contribution in [3.8, 4) is 11.5 Å². The first kappa shape index (κ1) is 22.7. The standard InChI is InChI=1S/C23H34N6O2/c1-24-23(28(3)17-19-8-9-20(30-4)15-21(19)31-5)26-16-18-7-6-10-25-22(18)29-13-11-27(2)12-14-29/h6-10,15H,11-14,16-17H2,1-5H3,(H,24,26). The van der Waals surface area contributed by atoms with Gasteiger partial charge in [0.1, 0.15) is 17.3 Å². The first-order chi connectivity index (χ1) is 15.0. The zero-order chi connectivity index (χ0) is 22.2. The SMILES string of the molecule is CN=C(NCc1cccnc1N1CCN(C)CC1)N(C)Cc1ccc(OC)cc1OC. The van der Waals surface area contributed by atoms with Crippen LogP contribution in [0.4, 0.5) is 5.82 Å². The van der Waals surface area contributed by atoms with E-state index in [0.717, 1.165) is 55.0 Å². The number of hydrogen-bond donors (Lipinski definition) is 1. The smallest absolute Gasteiger partial charge is 0.193 e. The van der Waals surface area contributed by atoms with Gasteiger partial charge in [-0.15, -0.1) is 0 Å². The summed E-state index contributed by atoms with van der Waals surface area (Å²) in [7, 11) is 9.31. The number of piperazine rings is 1. The number of aromatic nitrogens is 1. The Kier molecular flexibility index (Phi) is 7.94. The predicted molar refractivity (Wildman–Crippen MR) is 125 cm³/mol. The van der Waals surface area contributed by atoms with Crippen molar-refractivity contribution in [2.45, 2.75) is 13.1 Å². The fraction of sp³-hybridized carbons (Fsp3) is 0.478. The summed E-state index contributed by atoms with van der Waals surface area (Å²) in [4.78, 5) is 15.9. The Morgan fingerprint density at radius 1 is 1.13 bits per heavy atom. The Balaban J connectivity index is 1.66. The van der Waals surface area contributed by atoms with Gasteiger partial charge in [-0.1, -0.05) is 6.07 Å². The Bertz CT molecular complexity index is 880. The topological polar surface area (TPSA) is 65.5 Å². The molecule has 1 aromatic carbocycles. The molecule has 0 atom stereocenters. The van der Waals surface area contributed by atoms with Crippen molar-refractivity contribution in [3.05, 3.63) is 47.7 Å². The van der Waals surface area contributed by atoms with Gasteiger partial charge in [-0.25, -0.2) is 4.98 Å². The number of hydrogen-bond acceptors (Lipinski definition) is 6. The van der Waals surface area contributed by atoms with Gasteiger partial charge in [0, 0.05) is 76.8 Å². The highest BCUT2D eigenvalue weighted by molar-refractivity contribution is 5.79. The van der Waals surface area contributed by atoms with Crippen LogP contribution in [0.2, 0.25) is 0 Å². The first-order valence-electron chi connectivity index (χ1n) is 10.6. The van der Waals surface area contributed by atoms with Crippen LogP contribution in [0.3, 0.4) is 0 Å². The van der Waals surface area contributed by atoms with E-state index in [1.165, 1.54) is 5.56 Å². The van der Waals surface area contributed by atoms with Crippen molar-refractivity contribution < 1.29 is 9.47 Å². The Morgan fingerprint density at radius 2 is 1.90 bits per heavy atom. The van der Waals surface area contributed by atoms with Crippen LogP contribution in [-0.4, -0.2) is 82.3 Å². The minimum absolute atomic E-state index is 0.658. The van der Waals surface area contributed by atoms with Gasteiger partial charge in [0.15, 0.2) is 5.96 Å². The second kappa shape index (κ2) is 10.9. The molecular formula is C23H34N6O2. The maximum atomic E-state index is 5.54. The van der Waals surface area contributed by atoms with E-state index in [1.807, 2.05) is 37.5 Å². The molecule has 1 aliphatic heterocycles. The average Bonchev–Trinajstić information content (AvgIpc) is 2.80. The summed E-state index contributed by atoms with van der Waals surface area (Å²) >= 11 is 0. The normalized spacial score (nSPS) is 15.0. The highest BCUT2D eigenvalue weighted by Gasteiger charge is 2.18. The summed E-state index contributed by atoms with van der Waals surface area (Å²) < 4.78 is 10.8. The first-order valence-corrected chi connectivity index (χ1v) is 10.6. The summed E-state index contributed by atoms with van der Waals surface area (Å²) in [6.45, 7) is 5.41. The van der Waals surface area contributed by atoms with Crippen LogP contribution in [0.15, 0.2) is 41.5 Å². The van der Waals surface area contributed by atoms with Gasteiger partial charge in [-0.3, -0.25) is 4.99 Å². The molecule has 3 rings (SSSR count). The van der Waals surface area contributed by atoms with Crippen LogP contribution in [0.1, 0.15) is 11.1 Å². The van der Waals surface area contributed by atoms with Crippen LogP contribution < -0.4 is 19.7 Å². The molecule has 1 aromatic heterocycles. The molecule has 0 unspecified atom stereocenters. The van der Waals surface area contributed by atoms with Crippen LogP contribution in [-0.2, 0) is 13.1 Å². The minimum Gasteiger partial charge on any atom is -0.497 e. The third kappa shape index (κ3) is 5.79.